The Balaban J connectivity index is 5.69. The van der Waals surface area contributed by atoms with E-state index in [0.717, 1.165) is 0 Å². The average molecular weight is 422 g/mol. The third kappa shape index (κ3) is 6.88. The normalized spacial score (nSPS) is 16.9. The average Bonchev–Trinajstić information content (AvgIpc) is 2.12. The fourth-order valence-corrected chi connectivity index (χ4v) is 14.4. The van der Waals surface area contributed by atoms with Crippen molar-refractivity contribution in [3.8, 4) is 0 Å². The fraction of sp³-hybridized carbons (Fsp3) is 1.00. The summed E-state index contributed by atoms with van der Waals surface area (Å²) in [6.45, 7) is 10.7. The van der Waals surface area contributed by atoms with Crippen LogP contribution in [0.5, 0.6) is 0 Å². The van der Waals surface area contributed by atoms with Crippen molar-refractivity contribution in [2.45, 2.75) is 59.9 Å². The third-order valence-corrected chi connectivity index (χ3v) is 13.6. The Hall–Kier alpha value is 1.52. The minimum absolute atomic E-state index is 0.281. The molecule has 0 radical (unpaired) electrons. The quantitative estimate of drug-likeness (QED) is 0.319. The van der Waals surface area contributed by atoms with Gasteiger partial charge in [-0.05, 0) is 0 Å². The van der Waals surface area contributed by atoms with E-state index < -0.39 is 30.1 Å². The molecule has 10 heteroatoms. The van der Waals surface area contributed by atoms with Crippen LogP contribution in [0.2, 0.25) is 0 Å². The van der Waals surface area contributed by atoms with Crippen LogP contribution in [0.3, 0.4) is 0 Å². The Labute approximate surface area is 132 Å². The van der Waals surface area contributed by atoms with Crippen LogP contribution >= 0.6 is 27.0 Å². The summed E-state index contributed by atoms with van der Waals surface area (Å²) >= 11 is -0.852. The molecule has 0 saturated carbocycles. The summed E-state index contributed by atoms with van der Waals surface area (Å²) in [7, 11) is 9.42. The van der Waals surface area contributed by atoms with Gasteiger partial charge in [0.05, 0.1) is 0 Å². The molecule has 0 amide bonds. The second-order valence-electron chi connectivity index (χ2n) is 4.55. The van der Waals surface area contributed by atoms with E-state index in [9.17, 15) is 4.21 Å². The Bertz CT molecular complexity index is 290. The van der Waals surface area contributed by atoms with Crippen LogP contribution in [0.25, 0.3) is 0 Å². The monoisotopic (exact) mass is 422 g/mol. The zero-order chi connectivity index (χ0) is 15.3. The van der Waals surface area contributed by atoms with Crippen molar-refractivity contribution < 1.29 is 21.8 Å². The molecule has 5 nitrogen and oxygen atoms in total. The molecular weight excluding hydrogens is 401 g/mol. The summed E-state index contributed by atoms with van der Waals surface area (Å²) in [5, 5.41) is 0. The molecule has 0 N–H and O–H groups in total. The summed E-state index contributed by atoms with van der Waals surface area (Å²) < 4.78 is 34.0. The predicted octanol–water partition coefficient (Wildman–Crippen LogP) is 4.08. The van der Waals surface area contributed by atoms with Crippen LogP contribution in [0, 0.1) is 0 Å². The fourth-order valence-electron chi connectivity index (χ4n) is 1.32. The molecule has 118 valence electrons. The number of hydrogen-bond donors (Lipinski definition) is 0. The Kier molecular flexibility index (Phi) is 8.89. The zero-order valence-corrected chi connectivity index (χ0v) is 16.7. The predicted molar refractivity (Wildman–Crippen MR) is 82.3 cm³/mol. The summed E-state index contributed by atoms with van der Waals surface area (Å²) in [5.74, 6) is 0. The molecular formula is C9H21Cl2O5PSSe. The molecule has 0 aromatic rings. The van der Waals surface area contributed by atoms with Gasteiger partial charge < -0.3 is 0 Å². The zero-order valence-electron chi connectivity index (χ0n) is 11.8. The van der Waals surface area contributed by atoms with Gasteiger partial charge in [-0.2, -0.15) is 0 Å². The molecule has 0 heterocycles. The second-order valence-corrected chi connectivity index (χ2v) is 15.3. The van der Waals surface area contributed by atoms with Crippen molar-refractivity contribution in [3.05, 3.63) is 0 Å². The van der Waals surface area contributed by atoms with E-state index in [4.69, 9.17) is 38.3 Å². The summed E-state index contributed by atoms with van der Waals surface area (Å²) in [4.78, 5) is 0. The molecule has 0 aromatic heterocycles. The van der Waals surface area contributed by atoms with Gasteiger partial charge in [-0.3, -0.25) is 0 Å². The van der Waals surface area contributed by atoms with E-state index in [-0.39, 0.29) is 18.3 Å². The van der Waals surface area contributed by atoms with Crippen molar-refractivity contribution in [3.63, 3.8) is 0 Å². The summed E-state index contributed by atoms with van der Waals surface area (Å²) in [6, 6.07) is 0. The first-order valence-corrected chi connectivity index (χ1v) is 14.0. The van der Waals surface area contributed by atoms with Crippen LogP contribution in [0.15, 0.2) is 0 Å². The van der Waals surface area contributed by atoms with Gasteiger partial charge in [0.25, 0.3) is 0 Å². The molecule has 0 spiro atoms. The molecule has 1 unspecified atom stereocenters. The van der Waals surface area contributed by atoms with Gasteiger partial charge in [-0.25, -0.2) is 0 Å². The summed E-state index contributed by atoms with van der Waals surface area (Å²) in [6.07, 6.45) is -5.01. The number of rotatable bonds is 9. The molecule has 0 aromatic carbocycles. The second kappa shape index (κ2) is 8.23. The molecule has 0 aliphatic heterocycles. The topological polar surface area (TPSA) is 54.0 Å². The van der Waals surface area contributed by atoms with Crippen LogP contribution in [-0.2, 0) is 27.8 Å². The first kappa shape index (κ1) is 20.5. The van der Waals surface area contributed by atoms with Gasteiger partial charge in [0, 0.05) is 0 Å². The minimum atomic E-state index is -4.16. The molecule has 0 aliphatic rings. The summed E-state index contributed by atoms with van der Waals surface area (Å²) in [5.41, 5.74) is 0. The maximum atomic E-state index is 11.4. The van der Waals surface area contributed by atoms with Crippen molar-refractivity contribution in [2.75, 3.05) is 0 Å². The van der Waals surface area contributed by atoms with Crippen molar-refractivity contribution >= 4 is 50.9 Å². The standard InChI is InChI=1S/C9H21Cl2O5PSSe/c1-7(2)13-17(19-11,14-8(3)4,15-9(5)6)16-18(10)12/h7-9H,1-6H3. The van der Waals surface area contributed by atoms with E-state index in [0.29, 0.717) is 0 Å². The molecule has 0 aliphatic carbocycles. The van der Waals surface area contributed by atoms with Crippen LogP contribution in [-0.4, -0.2) is 36.1 Å². The first-order valence-electron chi connectivity index (χ1n) is 5.73. The van der Waals surface area contributed by atoms with Crippen LogP contribution in [0.4, 0.5) is 0 Å². The molecule has 1 atom stereocenters. The number of hydrogen-bond acceptors (Lipinski definition) is 5. The third-order valence-electron chi connectivity index (χ3n) is 1.44. The van der Waals surface area contributed by atoms with Gasteiger partial charge in [0.2, 0.25) is 0 Å². The molecule has 0 saturated heterocycles. The maximum absolute atomic E-state index is 11.4. The van der Waals surface area contributed by atoms with Gasteiger partial charge in [0.1, 0.15) is 0 Å². The first-order chi connectivity index (χ1) is 8.54. The van der Waals surface area contributed by atoms with E-state index in [1.807, 2.05) is 0 Å². The van der Waals surface area contributed by atoms with Crippen molar-refractivity contribution in [2.24, 2.45) is 0 Å². The van der Waals surface area contributed by atoms with Gasteiger partial charge in [0.15, 0.2) is 0 Å². The van der Waals surface area contributed by atoms with Crippen LogP contribution < -0.4 is 0 Å². The van der Waals surface area contributed by atoms with E-state index in [1.54, 1.807) is 41.5 Å². The molecule has 0 fully saturated rings. The van der Waals surface area contributed by atoms with Gasteiger partial charge in [-0.1, -0.05) is 0 Å². The van der Waals surface area contributed by atoms with E-state index in [2.05, 4.69) is 0 Å². The van der Waals surface area contributed by atoms with E-state index in [1.165, 1.54) is 0 Å². The van der Waals surface area contributed by atoms with Crippen molar-refractivity contribution in [1.29, 1.82) is 0 Å². The Morgan fingerprint density at radius 3 is 1.42 bits per heavy atom. The van der Waals surface area contributed by atoms with Gasteiger partial charge in [-0.15, -0.1) is 0 Å². The Morgan fingerprint density at radius 1 is 0.947 bits per heavy atom. The van der Waals surface area contributed by atoms with E-state index >= 15 is 0 Å². The number of halogens is 2. The SMILES string of the molecule is CC(C)OP(OC(C)C)(OC(C)C)(OS(=O)Cl)[Se]Cl. The van der Waals surface area contributed by atoms with Crippen molar-refractivity contribution in [1.82, 2.24) is 0 Å². The van der Waals surface area contributed by atoms with Gasteiger partial charge >= 0.3 is 132 Å². The molecule has 0 bridgehead atoms. The molecule has 19 heavy (non-hydrogen) atoms. The Morgan fingerprint density at radius 2 is 1.26 bits per heavy atom. The molecule has 0 rings (SSSR count). The van der Waals surface area contributed by atoms with Crippen LogP contribution in [0.1, 0.15) is 41.5 Å².